The number of anilines is 1. The minimum atomic E-state index is -0.911. The maximum absolute atomic E-state index is 12.1. The Morgan fingerprint density at radius 2 is 1.73 bits per heavy atom. The predicted molar refractivity (Wildman–Crippen MR) is 104 cm³/mol. The van der Waals surface area contributed by atoms with Crippen molar-refractivity contribution in [2.45, 2.75) is 63.8 Å². The topological polar surface area (TPSA) is 90.5 Å². The lowest BCUT2D eigenvalue weighted by Gasteiger charge is -2.42. The SMILES string of the molecule is CCCCCCCCc1ccc(NC(=O)NC2(CC(=O)O)CNC2)cc1. The lowest BCUT2D eigenvalue weighted by molar-refractivity contribution is -0.139. The zero-order valence-corrected chi connectivity index (χ0v) is 15.6. The summed E-state index contributed by atoms with van der Waals surface area (Å²) >= 11 is 0. The number of nitrogens with one attached hydrogen (secondary N) is 3. The summed E-state index contributed by atoms with van der Waals surface area (Å²) in [6, 6.07) is 7.51. The van der Waals surface area contributed by atoms with Crippen LogP contribution in [0.5, 0.6) is 0 Å². The van der Waals surface area contributed by atoms with Crippen LogP contribution in [-0.4, -0.2) is 35.7 Å². The van der Waals surface area contributed by atoms with Crippen LogP contribution < -0.4 is 16.0 Å². The lowest BCUT2D eigenvalue weighted by Crippen LogP contribution is -2.70. The van der Waals surface area contributed by atoms with E-state index in [4.69, 9.17) is 5.11 Å². The molecular formula is C20H31N3O3. The van der Waals surface area contributed by atoms with Crippen molar-refractivity contribution >= 4 is 17.7 Å². The van der Waals surface area contributed by atoms with E-state index in [1.165, 1.54) is 44.1 Å². The van der Waals surface area contributed by atoms with Crippen molar-refractivity contribution in [3.63, 3.8) is 0 Å². The highest BCUT2D eigenvalue weighted by molar-refractivity contribution is 5.90. The van der Waals surface area contributed by atoms with E-state index in [-0.39, 0.29) is 12.5 Å². The summed E-state index contributed by atoms with van der Waals surface area (Å²) in [4.78, 5) is 23.1. The van der Waals surface area contributed by atoms with Crippen LogP contribution in [0.2, 0.25) is 0 Å². The molecular weight excluding hydrogens is 330 g/mol. The second-order valence-corrected chi connectivity index (χ2v) is 7.25. The van der Waals surface area contributed by atoms with Gasteiger partial charge >= 0.3 is 12.0 Å². The molecule has 0 atom stereocenters. The normalized spacial score (nSPS) is 15.1. The standard InChI is InChI=1S/C20H31N3O3/c1-2-3-4-5-6-7-8-16-9-11-17(12-10-16)22-19(26)23-20(13-18(24)25)14-21-15-20/h9-12,21H,2-8,13-15H2,1H3,(H,24,25)(H2,22,23,26). The van der Waals surface area contributed by atoms with Crippen molar-refractivity contribution in [1.29, 1.82) is 0 Å². The molecule has 0 bridgehead atoms. The molecule has 1 fully saturated rings. The summed E-state index contributed by atoms with van der Waals surface area (Å²) in [6.45, 7) is 3.18. The fourth-order valence-electron chi connectivity index (χ4n) is 3.24. The third-order valence-corrected chi connectivity index (χ3v) is 4.83. The van der Waals surface area contributed by atoms with Crippen LogP contribution in [0, 0.1) is 0 Å². The van der Waals surface area contributed by atoms with E-state index in [9.17, 15) is 9.59 Å². The van der Waals surface area contributed by atoms with Gasteiger partial charge in [-0.3, -0.25) is 4.79 Å². The zero-order valence-electron chi connectivity index (χ0n) is 15.6. The quantitative estimate of drug-likeness (QED) is 0.454. The number of aryl methyl sites for hydroxylation is 1. The first-order valence-corrected chi connectivity index (χ1v) is 9.64. The summed E-state index contributed by atoms with van der Waals surface area (Å²) in [6.07, 6.45) is 8.68. The fraction of sp³-hybridized carbons (Fsp3) is 0.600. The first-order chi connectivity index (χ1) is 12.5. The maximum Gasteiger partial charge on any atom is 0.319 e. The Hall–Kier alpha value is -2.08. The molecule has 1 aromatic carbocycles. The maximum atomic E-state index is 12.1. The van der Waals surface area contributed by atoms with E-state index in [2.05, 4.69) is 22.9 Å². The molecule has 1 aliphatic heterocycles. The molecule has 0 radical (unpaired) electrons. The van der Waals surface area contributed by atoms with Crippen LogP contribution in [-0.2, 0) is 11.2 Å². The molecule has 2 amide bonds. The molecule has 0 aliphatic carbocycles. The van der Waals surface area contributed by atoms with Crippen LogP contribution in [0.15, 0.2) is 24.3 Å². The first-order valence-electron chi connectivity index (χ1n) is 9.64. The molecule has 6 nitrogen and oxygen atoms in total. The van der Waals surface area contributed by atoms with Crippen LogP contribution in [0.4, 0.5) is 10.5 Å². The number of unbranched alkanes of at least 4 members (excludes halogenated alkanes) is 5. The number of hydrogen-bond acceptors (Lipinski definition) is 3. The Labute approximate surface area is 155 Å². The van der Waals surface area contributed by atoms with Crippen molar-refractivity contribution in [3.8, 4) is 0 Å². The fourth-order valence-corrected chi connectivity index (χ4v) is 3.24. The molecule has 1 saturated heterocycles. The van der Waals surface area contributed by atoms with Crippen LogP contribution in [0.3, 0.4) is 0 Å². The third kappa shape index (κ3) is 6.67. The number of carboxylic acids is 1. The third-order valence-electron chi connectivity index (χ3n) is 4.83. The van der Waals surface area contributed by atoms with Gasteiger partial charge < -0.3 is 21.1 Å². The number of urea groups is 1. The van der Waals surface area contributed by atoms with Crippen molar-refractivity contribution in [2.24, 2.45) is 0 Å². The molecule has 1 heterocycles. The molecule has 1 aliphatic rings. The summed E-state index contributed by atoms with van der Waals surface area (Å²) in [7, 11) is 0. The molecule has 6 heteroatoms. The van der Waals surface area contributed by atoms with E-state index >= 15 is 0 Å². The molecule has 2 rings (SSSR count). The van der Waals surface area contributed by atoms with Gasteiger partial charge in [0.05, 0.1) is 12.0 Å². The Bertz CT molecular complexity index is 582. The summed E-state index contributed by atoms with van der Waals surface area (Å²) in [5.41, 5.74) is 1.30. The van der Waals surface area contributed by atoms with Crippen molar-refractivity contribution < 1.29 is 14.7 Å². The van der Waals surface area contributed by atoms with Gasteiger partial charge in [-0.2, -0.15) is 0 Å². The highest BCUT2D eigenvalue weighted by Gasteiger charge is 2.40. The van der Waals surface area contributed by atoms with Gasteiger partial charge in [0, 0.05) is 18.8 Å². The second kappa shape index (κ2) is 10.2. The van der Waals surface area contributed by atoms with Crippen LogP contribution >= 0.6 is 0 Å². The molecule has 0 saturated carbocycles. The lowest BCUT2D eigenvalue weighted by atomic mass is 9.89. The Morgan fingerprint density at radius 3 is 2.31 bits per heavy atom. The smallest absolute Gasteiger partial charge is 0.319 e. The minimum Gasteiger partial charge on any atom is -0.481 e. The van der Waals surface area contributed by atoms with Gasteiger partial charge in [-0.1, -0.05) is 51.2 Å². The van der Waals surface area contributed by atoms with Crippen LogP contribution in [0.1, 0.15) is 57.4 Å². The molecule has 0 aromatic heterocycles. The number of benzene rings is 1. The van der Waals surface area contributed by atoms with Gasteiger partial charge in [-0.05, 0) is 30.5 Å². The average Bonchev–Trinajstić information content (AvgIpc) is 2.57. The number of aliphatic carboxylic acids is 1. The van der Waals surface area contributed by atoms with Gasteiger partial charge in [-0.25, -0.2) is 4.79 Å². The molecule has 4 N–H and O–H groups in total. The number of amides is 2. The van der Waals surface area contributed by atoms with E-state index in [1.807, 2.05) is 24.3 Å². The molecule has 1 aromatic rings. The number of carbonyl (C=O) groups excluding carboxylic acids is 1. The van der Waals surface area contributed by atoms with E-state index in [0.29, 0.717) is 18.8 Å². The van der Waals surface area contributed by atoms with E-state index < -0.39 is 11.5 Å². The van der Waals surface area contributed by atoms with Gasteiger partial charge in [0.15, 0.2) is 0 Å². The van der Waals surface area contributed by atoms with Gasteiger partial charge in [0.25, 0.3) is 0 Å². The first kappa shape index (κ1) is 20.2. The van der Waals surface area contributed by atoms with Crippen molar-refractivity contribution in [1.82, 2.24) is 10.6 Å². The van der Waals surface area contributed by atoms with Gasteiger partial charge in [0.1, 0.15) is 0 Å². The van der Waals surface area contributed by atoms with Crippen LogP contribution in [0.25, 0.3) is 0 Å². The molecule has 0 unspecified atom stereocenters. The second-order valence-electron chi connectivity index (χ2n) is 7.25. The van der Waals surface area contributed by atoms with Crippen molar-refractivity contribution in [2.75, 3.05) is 18.4 Å². The molecule has 0 spiro atoms. The Morgan fingerprint density at radius 1 is 1.08 bits per heavy atom. The average molecular weight is 361 g/mol. The van der Waals surface area contributed by atoms with E-state index in [0.717, 1.165) is 6.42 Å². The minimum absolute atomic E-state index is 0.0788. The number of carbonyl (C=O) groups is 2. The summed E-state index contributed by atoms with van der Waals surface area (Å²) < 4.78 is 0. The zero-order chi connectivity index (χ0) is 18.8. The number of hydrogen-bond donors (Lipinski definition) is 4. The van der Waals surface area contributed by atoms with Crippen molar-refractivity contribution in [3.05, 3.63) is 29.8 Å². The van der Waals surface area contributed by atoms with Gasteiger partial charge in [-0.15, -0.1) is 0 Å². The van der Waals surface area contributed by atoms with E-state index in [1.54, 1.807) is 0 Å². The summed E-state index contributed by atoms with van der Waals surface area (Å²) in [5, 5.41) is 17.6. The largest absolute Gasteiger partial charge is 0.481 e. The highest BCUT2D eigenvalue weighted by atomic mass is 16.4. The summed E-state index contributed by atoms with van der Waals surface area (Å²) in [5.74, 6) is -0.911. The number of carboxylic acid groups (broad SMARTS) is 1. The Kier molecular flexibility index (Phi) is 7.91. The highest BCUT2D eigenvalue weighted by Crippen LogP contribution is 2.17. The molecule has 26 heavy (non-hydrogen) atoms. The van der Waals surface area contributed by atoms with Gasteiger partial charge in [0.2, 0.25) is 0 Å². The molecule has 144 valence electrons. The monoisotopic (exact) mass is 361 g/mol. The Balaban J connectivity index is 1.72. The number of rotatable bonds is 11. The predicted octanol–water partition coefficient (Wildman–Crippen LogP) is 3.53.